The number of nitrogens with zero attached hydrogens (tertiary/aromatic N) is 2. The third-order valence-electron chi connectivity index (χ3n) is 5.22. The monoisotopic (exact) mass is 408 g/mol. The van der Waals surface area contributed by atoms with E-state index in [1.807, 2.05) is 18.0 Å². The minimum absolute atomic E-state index is 0.0946. The lowest BCUT2D eigenvalue weighted by molar-refractivity contribution is -0.139. The zero-order chi connectivity index (χ0) is 21.4. The van der Waals surface area contributed by atoms with Gasteiger partial charge in [-0.15, -0.1) is 0 Å². The van der Waals surface area contributed by atoms with E-state index in [2.05, 4.69) is 0 Å². The Hall–Kier alpha value is -2.48. The summed E-state index contributed by atoms with van der Waals surface area (Å²) in [6.45, 7) is 3.42. The van der Waals surface area contributed by atoms with E-state index in [1.54, 1.807) is 11.0 Å². The number of carbonyl (C=O) groups is 3. The molecule has 2 saturated heterocycles. The maximum absolute atomic E-state index is 13.2. The topological polar surface area (TPSA) is 87.2 Å². The van der Waals surface area contributed by atoms with Crippen LogP contribution >= 0.6 is 0 Å². The molecule has 2 fully saturated rings. The number of piperidine rings is 1. The number of likely N-dealkylation sites (tertiary alicyclic amines) is 1. The highest BCUT2D eigenvalue weighted by Gasteiger charge is 2.40. The van der Waals surface area contributed by atoms with E-state index in [0.29, 0.717) is 45.5 Å². The van der Waals surface area contributed by atoms with Gasteiger partial charge >= 0.3 is 0 Å². The van der Waals surface area contributed by atoms with Crippen molar-refractivity contribution in [3.8, 4) is 0 Å². The number of hydrogen-bond donors (Lipinski definition) is 1. The molecule has 1 spiro atoms. The van der Waals surface area contributed by atoms with Gasteiger partial charge in [0, 0.05) is 40.0 Å². The zero-order valence-electron chi connectivity index (χ0n) is 17.0. The van der Waals surface area contributed by atoms with Gasteiger partial charge in [-0.25, -0.2) is 4.39 Å². The van der Waals surface area contributed by atoms with Crippen LogP contribution in [-0.4, -0.2) is 71.6 Å². The van der Waals surface area contributed by atoms with Gasteiger partial charge in [0.15, 0.2) is 0 Å². The molecule has 0 aromatic heterocycles. The summed E-state index contributed by atoms with van der Waals surface area (Å²) in [6, 6.07) is 6.39. The van der Waals surface area contributed by atoms with Crippen molar-refractivity contribution in [1.82, 2.24) is 9.80 Å². The Morgan fingerprint density at radius 2 is 1.93 bits per heavy atom. The number of aliphatic carboxylic acids is 1. The fourth-order valence-electron chi connectivity index (χ4n) is 3.68. The first-order valence-electron chi connectivity index (χ1n) is 9.80. The molecule has 29 heavy (non-hydrogen) atoms. The molecule has 0 unspecified atom stereocenters. The highest BCUT2D eigenvalue weighted by molar-refractivity contribution is 5.77. The number of rotatable bonds is 3. The second-order valence-electron chi connectivity index (χ2n) is 7.56. The van der Waals surface area contributed by atoms with Crippen molar-refractivity contribution in [2.24, 2.45) is 0 Å². The van der Waals surface area contributed by atoms with Crippen LogP contribution in [0.2, 0.25) is 0 Å². The van der Waals surface area contributed by atoms with Gasteiger partial charge in [-0.2, -0.15) is 0 Å². The average Bonchev–Trinajstić information content (AvgIpc) is 2.79. The number of ether oxygens (including phenoxy) is 1. The summed E-state index contributed by atoms with van der Waals surface area (Å²) in [4.78, 5) is 36.9. The lowest BCUT2D eigenvalue weighted by Crippen LogP contribution is -2.52. The van der Waals surface area contributed by atoms with Crippen molar-refractivity contribution in [3.63, 3.8) is 0 Å². The van der Waals surface area contributed by atoms with Gasteiger partial charge in [-0.3, -0.25) is 14.4 Å². The van der Waals surface area contributed by atoms with Crippen molar-refractivity contribution in [3.05, 3.63) is 35.6 Å². The number of amides is 2. The van der Waals surface area contributed by atoms with Gasteiger partial charge in [-0.1, -0.05) is 12.1 Å². The van der Waals surface area contributed by atoms with Crippen LogP contribution in [-0.2, 0) is 25.5 Å². The van der Waals surface area contributed by atoms with E-state index in [4.69, 9.17) is 14.6 Å². The van der Waals surface area contributed by atoms with E-state index in [0.717, 1.165) is 25.3 Å². The Morgan fingerprint density at radius 1 is 1.28 bits per heavy atom. The van der Waals surface area contributed by atoms with Crippen molar-refractivity contribution in [2.75, 3.05) is 33.3 Å². The number of carboxylic acids is 1. The summed E-state index contributed by atoms with van der Waals surface area (Å²) in [5.74, 6) is -0.892. The van der Waals surface area contributed by atoms with E-state index >= 15 is 0 Å². The molecule has 0 saturated carbocycles. The van der Waals surface area contributed by atoms with Gasteiger partial charge in [-0.05, 0) is 37.0 Å². The average molecular weight is 408 g/mol. The minimum Gasteiger partial charge on any atom is -0.481 e. The number of likely N-dealkylation sites (N-methyl/N-ethyl adjacent to an activating group) is 1. The summed E-state index contributed by atoms with van der Waals surface area (Å²) >= 11 is 0. The molecule has 3 rings (SSSR count). The molecular formula is C21H29FN2O5. The van der Waals surface area contributed by atoms with Crippen molar-refractivity contribution < 1.29 is 28.6 Å². The number of carbonyl (C=O) groups excluding carboxylic acids is 2. The Balaban J connectivity index is 0.000000687. The fourth-order valence-corrected chi connectivity index (χ4v) is 3.68. The Morgan fingerprint density at radius 3 is 2.55 bits per heavy atom. The number of aryl methyl sites for hydroxylation is 1. The maximum Gasteiger partial charge on any atom is 0.300 e. The van der Waals surface area contributed by atoms with Crippen molar-refractivity contribution in [1.29, 1.82) is 0 Å². The van der Waals surface area contributed by atoms with Crippen LogP contribution in [0.5, 0.6) is 0 Å². The third kappa shape index (κ3) is 7.12. The molecule has 2 aliphatic rings. The highest BCUT2D eigenvalue weighted by Crippen LogP contribution is 2.30. The van der Waals surface area contributed by atoms with Crippen LogP contribution in [0.4, 0.5) is 4.39 Å². The molecule has 0 atom stereocenters. The maximum atomic E-state index is 13.2. The number of hydrogen-bond acceptors (Lipinski definition) is 4. The Bertz CT molecular complexity index is 728. The van der Waals surface area contributed by atoms with Gasteiger partial charge < -0.3 is 19.6 Å². The zero-order valence-corrected chi connectivity index (χ0v) is 17.0. The van der Waals surface area contributed by atoms with E-state index in [-0.39, 0.29) is 23.2 Å². The van der Waals surface area contributed by atoms with Crippen LogP contribution in [0.1, 0.15) is 38.2 Å². The molecule has 1 N–H and O–H groups in total. The summed E-state index contributed by atoms with van der Waals surface area (Å²) in [5.41, 5.74) is 0.523. The Labute approximate surface area is 170 Å². The van der Waals surface area contributed by atoms with Gasteiger partial charge in [0.1, 0.15) is 5.82 Å². The molecule has 160 valence electrons. The quantitative estimate of drug-likeness (QED) is 0.828. The highest BCUT2D eigenvalue weighted by atomic mass is 19.1. The molecule has 0 radical (unpaired) electrons. The summed E-state index contributed by atoms with van der Waals surface area (Å²) < 4.78 is 19.2. The van der Waals surface area contributed by atoms with Crippen LogP contribution in [0.15, 0.2) is 24.3 Å². The van der Waals surface area contributed by atoms with Crippen LogP contribution in [0.3, 0.4) is 0 Å². The molecular weight excluding hydrogens is 379 g/mol. The van der Waals surface area contributed by atoms with Gasteiger partial charge in [0.05, 0.1) is 18.6 Å². The van der Waals surface area contributed by atoms with Crippen LogP contribution in [0.25, 0.3) is 0 Å². The molecule has 2 amide bonds. The number of halogens is 1. The van der Waals surface area contributed by atoms with Gasteiger partial charge in [0.2, 0.25) is 11.8 Å². The van der Waals surface area contributed by atoms with E-state index in [9.17, 15) is 14.0 Å². The molecule has 1 aromatic carbocycles. The lowest BCUT2D eigenvalue weighted by atomic mass is 9.90. The van der Waals surface area contributed by atoms with Gasteiger partial charge in [0.25, 0.3) is 5.97 Å². The first kappa shape index (κ1) is 22.8. The smallest absolute Gasteiger partial charge is 0.300 e. The third-order valence-corrected chi connectivity index (χ3v) is 5.22. The molecule has 2 heterocycles. The second-order valence-corrected chi connectivity index (χ2v) is 7.56. The lowest BCUT2D eigenvalue weighted by Gasteiger charge is -2.42. The predicted molar refractivity (Wildman–Crippen MR) is 105 cm³/mol. The molecule has 8 heteroatoms. The van der Waals surface area contributed by atoms with Crippen molar-refractivity contribution >= 4 is 17.8 Å². The van der Waals surface area contributed by atoms with E-state index < -0.39 is 5.97 Å². The normalized spacial score (nSPS) is 18.7. The summed E-state index contributed by atoms with van der Waals surface area (Å²) in [7, 11) is 1.81. The summed E-state index contributed by atoms with van der Waals surface area (Å²) in [6.07, 6.45) is 2.85. The number of benzene rings is 1. The van der Waals surface area contributed by atoms with E-state index in [1.165, 1.54) is 12.1 Å². The number of carboxylic acid groups (broad SMARTS) is 1. The largest absolute Gasteiger partial charge is 0.481 e. The van der Waals surface area contributed by atoms with Crippen LogP contribution in [0, 0.1) is 5.82 Å². The molecule has 1 aromatic rings. The van der Waals surface area contributed by atoms with Crippen molar-refractivity contribution in [2.45, 2.75) is 44.6 Å². The second kappa shape index (κ2) is 10.3. The molecule has 0 bridgehead atoms. The molecule has 0 aliphatic carbocycles. The fraction of sp³-hybridized carbons (Fsp3) is 0.571. The predicted octanol–water partition coefficient (Wildman–Crippen LogP) is 2.09. The minimum atomic E-state index is -0.833. The first-order valence-corrected chi connectivity index (χ1v) is 9.80. The molecule has 7 nitrogen and oxygen atoms in total. The standard InChI is InChI=1S/C19H25FN2O3.C2H4O2/c1-21-14-19(25-12-7-17(21)23)8-10-22(11-9-19)18(24)6-5-15-3-2-4-16(20)13-15;1-2(3)4/h2-4,13H,5-12,14H2,1H3;1H3,(H,3,4). The Kier molecular flexibility index (Phi) is 8.13. The molecule has 2 aliphatic heterocycles. The summed E-state index contributed by atoms with van der Waals surface area (Å²) in [5, 5.41) is 7.42. The first-order chi connectivity index (χ1) is 13.7. The SMILES string of the molecule is CC(=O)O.CN1CC2(CCN(C(=O)CCc3cccc(F)c3)CC2)OCCC1=O. The van der Waals surface area contributed by atoms with Crippen LogP contribution < -0.4 is 0 Å².